The molecule has 17 heavy (non-hydrogen) atoms. The van der Waals surface area contributed by atoms with Crippen molar-refractivity contribution in [2.24, 2.45) is 0 Å². The lowest BCUT2D eigenvalue weighted by atomic mass is 9.93. The van der Waals surface area contributed by atoms with Crippen LogP contribution in [0.4, 0.5) is 0 Å². The summed E-state index contributed by atoms with van der Waals surface area (Å²) in [5, 5.41) is 0.930. The van der Waals surface area contributed by atoms with Crippen LogP contribution in [0.2, 0.25) is 0 Å². The fraction of sp³-hybridized carbons (Fsp3) is 0.0769. The van der Waals surface area contributed by atoms with Crippen molar-refractivity contribution in [2.75, 3.05) is 0 Å². The molecule has 0 amide bonds. The maximum absolute atomic E-state index is 11.3. The lowest BCUT2D eigenvalue weighted by Crippen LogP contribution is -2.12. The molecule has 1 unspecified atom stereocenters. The Balaban J connectivity index is 2.42. The van der Waals surface area contributed by atoms with Crippen LogP contribution in [0, 0.1) is 0 Å². The number of hydrogen-bond donors (Lipinski definition) is 1. The first-order valence-electron chi connectivity index (χ1n) is 5.23. The fourth-order valence-corrected chi connectivity index (χ4v) is 3.12. The summed E-state index contributed by atoms with van der Waals surface area (Å²) in [5.41, 5.74) is 1.63. The number of hydrogen-bond acceptors (Lipinski definition) is 2. The van der Waals surface area contributed by atoms with E-state index in [1.54, 1.807) is 18.2 Å². The molecule has 0 fully saturated rings. The Bertz CT molecular complexity index is 724. The summed E-state index contributed by atoms with van der Waals surface area (Å²) < 4.78 is 31.9. The Morgan fingerprint density at radius 3 is 2.47 bits per heavy atom. The first-order valence-corrected chi connectivity index (χ1v) is 6.74. The maximum atomic E-state index is 11.3. The van der Waals surface area contributed by atoms with Crippen molar-refractivity contribution >= 4 is 27.0 Å². The summed E-state index contributed by atoms with van der Waals surface area (Å²) in [6.45, 7) is 0. The molecule has 3 rings (SSSR count). The van der Waals surface area contributed by atoms with E-state index >= 15 is 0 Å². The van der Waals surface area contributed by atoms with Crippen LogP contribution in [0.15, 0.2) is 42.5 Å². The molecule has 1 aliphatic rings. The zero-order valence-electron chi connectivity index (χ0n) is 8.87. The topological polar surface area (TPSA) is 54.4 Å². The van der Waals surface area contributed by atoms with Gasteiger partial charge in [0.15, 0.2) is 0 Å². The van der Waals surface area contributed by atoms with Crippen molar-refractivity contribution in [3.63, 3.8) is 0 Å². The molecule has 1 N–H and O–H groups in total. The molecule has 1 aliphatic carbocycles. The van der Waals surface area contributed by atoms with E-state index in [2.05, 4.69) is 0 Å². The monoisotopic (exact) mass is 246 g/mol. The summed E-state index contributed by atoms with van der Waals surface area (Å²) in [7, 11) is -4.10. The first-order chi connectivity index (χ1) is 8.07. The van der Waals surface area contributed by atoms with Crippen LogP contribution in [0.3, 0.4) is 0 Å². The molecule has 3 nitrogen and oxygen atoms in total. The Kier molecular flexibility index (Phi) is 2.11. The second-order valence-electron chi connectivity index (χ2n) is 4.09. The molecule has 4 heteroatoms. The average molecular weight is 246 g/mol. The van der Waals surface area contributed by atoms with E-state index in [0.29, 0.717) is 5.56 Å². The Morgan fingerprint density at radius 1 is 1.06 bits per heavy atom. The lowest BCUT2D eigenvalue weighted by Gasteiger charge is -2.18. The standard InChI is InChI=1S/C13H10O3S/c14-17(15,16)12-8-7-10-4-1-3-9-5-2-6-11(12)13(9)10/h1-8,12H,(H,14,15,16). The molecule has 86 valence electrons. The Hall–Kier alpha value is -1.65. The molecule has 0 heterocycles. The highest BCUT2D eigenvalue weighted by atomic mass is 32.2. The van der Waals surface area contributed by atoms with E-state index in [0.717, 1.165) is 16.3 Å². The number of benzene rings is 2. The summed E-state index contributed by atoms with van der Waals surface area (Å²) in [6, 6.07) is 11.3. The highest BCUT2D eigenvalue weighted by molar-refractivity contribution is 7.86. The molecule has 1 atom stereocenters. The molecule has 0 bridgehead atoms. The van der Waals surface area contributed by atoms with E-state index in [-0.39, 0.29) is 0 Å². The molecule has 0 saturated heterocycles. The summed E-state index contributed by atoms with van der Waals surface area (Å²) in [6.07, 6.45) is 3.26. The van der Waals surface area contributed by atoms with Crippen LogP contribution in [-0.4, -0.2) is 13.0 Å². The first kappa shape index (κ1) is 10.5. The van der Waals surface area contributed by atoms with Gasteiger partial charge in [-0.05, 0) is 21.9 Å². The zero-order chi connectivity index (χ0) is 12.0. The smallest absolute Gasteiger partial charge is 0.275 e. The van der Waals surface area contributed by atoms with Crippen molar-refractivity contribution < 1.29 is 13.0 Å². The van der Waals surface area contributed by atoms with Crippen molar-refractivity contribution in [2.45, 2.75) is 5.25 Å². The highest BCUT2D eigenvalue weighted by Gasteiger charge is 2.26. The van der Waals surface area contributed by atoms with Gasteiger partial charge in [-0.3, -0.25) is 4.55 Å². The van der Waals surface area contributed by atoms with E-state index in [1.807, 2.05) is 24.3 Å². The van der Waals surface area contributed by atoms with Crippen molar-refractivity contribution in [3.05, 3.63) is 53.6 Å². The Morgan fingerprint density at radius 2 is 1.76 bits per heavy atom. The third kappa shape index (κ3) is 1.57. The van der Waals surface area contributed by atoms with Crippen LogP contribution >= 0.6 is 0 Å². The van der Waals surface area contributed by atoms with E-state index < -0.39 is 15.4 Å². The summed E-state index contributed by atoms with van der Waals surface area (Å²) in [4.78, 5) is 0. The van der Waals surface area contributed by atoms with Crippen LogP contribution in [-0.2, 0) is 10.1 Å². The molecule has 0 saturated carbocycles. The van der Waals surface area contributed by atoms with Gasteiger partial charge in [-0.2, -0.15) is 8.42 Å². The minimum absolute atomic E-state index is 0.642. The normalized spacial score (nSPS) is 18.5. The van der Waals surface area contributed by atoms with Gasteiger partial charge in [0.2, 0.25) is 0 Å². The summed E-state index contributed by atoms with van der Waals surface area (Å²) >= 11 is 0. The second-order valence-corrected chi connectivity index (χ2v) is 5.63. The molecule has 2 aromatic rings. The van der Waals surface area contributed by atoms with Gasteiger partial charge in [-0.15, -0.1) is 0 Å². The predicted octanol–water partition coefficient (Wildman–Crippen LogP) is 2.80. The predicted molar refractivity (Wildman–Crippen MR) is 67.3 cm³/mol. The Labute approximate surface area is 99.1 Å². The maximum Gasteiger partial charge on any atom is 0.275 e. The van der Waals surface area contributed by atoms with Gasteiger partial charge in [0.05, 0.1) is 0 Å². The quantitative estimate of drug-likeness (QED) is 0.787. The minimum atomic E-state index is -4.10. The van der Waals surface area contributed by atoms with Crippen LogP contribution in [0.5, 0.6) is 0 Å². The van der Waals surface area contributed by atoms with Crippen molar-refractivity contribution in [3.8, 4) is 0 Å². The minimum Gasteiger partial charge on any atom is -0.285 e. The molecule has 0 aliphatic heterocycles. The SMILES string of the molecule is O=S(=O)(O)C1C=Cc2cccc3cccc1c23. The third-order valence-electron chi connectivity index (χ3n) is 3.05. The van der Waals surface area contributed by atoms with Gasteiger partial charge in [0.1, 0.15) is 5.25 Å². The molecule has 0 spiro atoms. The van der Waals surface area contributed by atoms with Crippen molar-refractivity contribution in [1.82, 2.24) is 0 Å². The largest absolute Gasteiger partial charge is 0.285 e. The van der Waals surface area contributed by atoms with E-state index in [9.17, 15) is 13.0 Å². The molecule has 0 aromatic heterocycles. The zero-order valence-corrected chi connectivity index (χ0v) is 9.68. The van der Waals surface area contributed by atoms with Gasteiger partial charge in [0.25, 0.3) is 10.1 Å². The van der Waals surface area contributed by atoms with Crippen LogP contribution < -0.4 is 0 Å². The van der Waals surface area contributed by atoms with Crippen LogP contribution in [0.25, 0.3) is 16.8 Å². The number of rotatable bonds is 1. The average Bonchev–Trinajstić information content (AvgIpc) is 2.28. The van der Waals surface area contributed by atoms with Gasteiger partial charge in [-0.1, -0.05) is 48.6 Å². The van der Waals surface area contributed by atoms with E-state index in [1.165, 1.54) is 6.08 Å². The fourth-order valence-electron chi connectivity index (χ4n) is 2.33. The van der Waals surface area contributed by atoms with Gasteiger partial charge in [0, 0.05) is 0 Å². The molecule has 2 aromatic carbocycles. The van der Waals surface area contributed by atoms with Gasteiger partial charge < -0.3 is 0 Å². The second kappa shape index (κ2) is 3.42. The van der Waals surface area contributed by atoms with Crippen molar-refractivity contribution in [1.29, 1.82) is 0 Å². The van der Waals surface area contributed by atoms with Gasteiger partial charge >= 0.3 is 0 Å². The van der Waals surface area contributed by atoms with E-state index in [4.69, 9.17) is 0 Å². The molecular formula is C13H10O3S. The van der Waals surface area contributed by atoms with Gasteiger partial charge in [-0.25, -0.2) is 0 Å². The molecule has 0 radical (unpaired) electrons. The third-order valence-corrected chi connectivity index (χ3v) is 4.10. The summed E-state index contributed by atoms with van der Waals surface area (Å²) in [5.74, 6) is 0. The van der Waals surface area contributed by atoms with Crippen LogP contribution in [0.1, 0.15) is 16.4 Å². The molecular weight excluding hydrogens is 236 g/mol. The lowest BCUT2D eigenvalue weighted by molar-refractivity contribution is 0.476. The highest BCUT2D eigenvalue weighted by Crippen LogP contribution is 2.36.